The largest absolute Gasteiger partial charge is 0.440 e. The number of anilines is 1. The van der Waals surface area contributed by atoms with Gasteiger partial charge in [-0.1, -0.05) is 13.8 Å². The number of nitrogens with one attached hydrogen (secondary N) is 1. The van der Waals surface area contributed by atoms with Crippen molar-refractivity contribution in [1.82, 2.24) is 9.88 Å². The molecule has 0 spiro atoms. The molecule has 0 aliphatic carbocycles. The average Bonchev–Trinajstić information content (AvgIpc) is 3.09. The van der Waals surface area contributed by atoms with Gasteiger partial charge >= 0.3 is 6.18 Å². The van der Waals surface area contributed by atoms with Gasteiger partial charge < -0.3 is 14.6 Å². The third-order valence-corrected chi connectivity index (χ3v) is 4.12. The predicted molar refractivity (Wildman–Crippen MR) is 87.5 cm³/mol. The van der Waals surface area contributed by atoms with E-state index in [9.17, 15) is 22.8 Å². The molecule has 1 aromatic carbocycles. The fourth-order valence-electron chi connectivity index (χ4n) is 2.83. The number of hydrogen-bond donors (Lipinski definition) is 1. The maximum absolute atomic E-state index is 12.5. The van der Waals surface area contributed by atoms with Gasteiger partial charge in [0.1, 0.15) is 12.1 Å². The number of benzene rings is 1. The number of amides is 2. The average molecular weight is 369 g/mol. The van der Waals surface area contributed by atoms with Crippen molar-refractivity contribution in [3.05, 3.63) is 24.1 Å². The van der Waals surface area contributed by atoms with Crippen molar-refractivity contribution in [2.45, 2.75) is 32.4 Å². The van der Waals surface area contributed by atoms with Crippen LogP contribution in [0.15, 0.2) is 22.6 Å². The second-order valence-corrected chi connectivity index (χ2v) is 6.67. The normalized spacial score (nSPS) is 18.2. The van der Waals surface area contributed by atoms with Crippen LogP contribution in [0.5, 0.6) is 0 Å². The Morgan fingerprint density at radius 1 is 1.42 bits per heavy atom. The predicted octanol–water partition coefficient (Wildman–Crippen LogP) is 3.30. The molecule has 1 N–H and O–H groups in total. The molecule has 1 atom stereocenters. The van der Waals surface area contributed by atoms with E-state index in [0.29, 0.717) is 27.6 Å². The summed E-state index contributed by atoms with van der Waals surface area (Å²) in [6.07, 6.45) is -4.71. The highest BCUT2D eigenvalue weighted by molar-refractivity contribution is 5.98. The number of aromatic nitrogens is 1. The van der Waals surface area contributed by atoms with Crippen LogP contribution in [-0.4, -0.2) is 41.0 Å². The van der Waals surface area contributed by atoms with Gasteiger partial charge in [0.2, 0.25) is 11.8 Å². The van der Waals surface area contributed by atoms with Gasteiger partial charge in [0, 0.05) is 24.6 Å². The van der Waals surface area contributed by atoms with E-state index in [-0.39, 0.29) is 18.9 Å². The van der Waals surface area contributed by atoms with Crippen molar-refractivity contribution in [2.75, 3.05) is 18.4 Å². The van der Waals surface area contributed by atoms with Gasteiger partial charge in [-0.2, -0.15) is 13.2 Å². The van der Waals surface area contributed by atoms with Crippen LogP contribution in [0, 0.1) is 5.92 Å². The fraction of sp³-hybridized carbons (Fsp3) is 0.471. The smallest absolute Gasteiger partial charge is 0.406 e. The fourth-order valence-corrected chi connectivity index (χ4v) is 2.83. The summed E-state index contributed by atoms with van der Waals surface area (Å²) in [7, 11) is 0. The minimum Gasteiger partial charge on any atom is -0.440 e. The third kappa shape index (κ3) is 3.97. The van der Waals surface area contributed by atoms with E-state index in [0.717, 1.165) is 0 Å². The van der Waals surface area contributed by atoms with Crippen LogP contribution in [-0.2, 0) is 9.59 Å². The van der Waals surface area contributed by atoms with Crippen LogP contribution in [0.4, 0.5) is 18.9 Å². The Morgan fingerprint density at radius 3 is 2.81 bits per heavy atom. The molecule has 1 aliphatic heterocycles. The third-order valence-electron chi connectivity index (χ3n) is 4.12. The molecule has 0 saturated carbocycles. The summed E-state index contributed by atoms with van der Waals surface area (Å²) in [5.74, 6) is -1.28. The highest BCUT2D eigenvalue weighted by Crippen LogP contribution is 2.26. The molecule has 26 heavy (non-hydrogen) atoms. The molecule has 3 rings (SSSR count). The van der Waals surface area contributed by atoms with Gasteiger partial charge in [0.15, 0.2) is 11.5 Å². The molecule has 2 amide bonds. The summed E-state index contributed by atoms with van der Waals surface area (Å²) in [6, 6.07) is 4.92. The molecule has 1 unspecified atom stereocenters. The SMILES string of the molecule is CC(C)c1nc2cc(NC(=O)C3CC(=O)N(CC(F)(F)F)C3)ccc2o1. The molecule has 9 heteroatoms. The molecule has 0 radical (unpaired) electrons. The number of alkyl halides is 3. The number of hydrogen-bond acceptors (Lipinski definition) is 4. The minimum absolute atomic E-state index is 0.115. The Hall–Kier alpha value is -2.58. The lowest BCUT2D eigenvalue weighted by atomic mass is 10.1. The first-order valence-corrected chi connectivity index (χ1v) is 8.18. The molecule has 0 bridgehead atoms. The highest BCUT2D eigenvalue weighted by Gasteiger charge is 2.40. The first-order chi connectivity index (χ1) is 12.1. The maximum Gasteiger partial charge on any atom is 0.406 e. The van der Waals surface area contributed by atoms with Crippen LogP contribution in [0.3, 0.4) is 0 Å². The Labute approximate surface area is 147 Å². The summed E-state index contributed by atoms with van der Waals surface area (Å²) in [5.41, 5.74) is 1.61. The zero-order valence-corrected chi connectivity index (χ0v) is 14.3. The van der Waals surface area contributed by atoms with Gasteiger partial charge in [-0.3, -0.25) is 9.59 Å². The van der Waals surface area contributed by atoms with Gasteiger partial charge in [-0.15, -0.1) is 0 Å². The lowest BCUT2D eigenvalue weighted by molar-refractivity contribution is -0.157. The Balaban J connectivity index is 1.68. The molecule has 140 valence electrons. The Morgan fingerprint density at radius 2 is 2.15 bits per heavy atom. The van der Waals surface area contributed by atoms with Crippen LogP contribution < -0.4 is 5.32 Å². The molecule has 2 heterocycles. The van der Waals surface area contributed by atoms with Crippen LogP contribution in [0.2, 0.25) is 0 Å². The molecule has 1 aliphatic rings. The molecule has 1 aromatic heterocycles. The highest BCUT2D eigenvalue weighted by atomic mass is 19.4. The second kappa shape index (κ2) is 6.62. The molecule has 1 fully saturated rings. The van der Waals surface area contributed by atoms with Crippen molar-refractivity contribution in [3.63, 3.8) is 0 Å². The number of fused-ring (bicyclic) bond motifs is 1. The lowest BCUT2D eigenvalue weighted by Gasteiger charge is -2.18. The number of rotatable bonds is 4. The van der Waals surface area contributed by atoms with Crippen molar-refractivity contribution in [1.29, 1.82) is 0 Å². The van der Waals surface area contributed by atoms with E-state index >= 15 is 0 Å². The molecule has 1 saturated heterocycles. The maximum atomic E-state index is 12.5. The standard InChI is InChI=1S/C17H18F3N3O3/c1-9(2)16-22-12-6-11(3-4-13(12)26-16)21-15(25)10-5-14(24)23(7-10)8-17(18,19)20/h3-4,6,9-10H,5,7-8H2,1-2H3,(H,21,25). The number of oxazole rings is 1. The number of carbonyl (C=O) groups is 2. The first-order valence-electron chi connectivity index (χ1n) is 8.18. The lowest BCUT2D eigenvalue weighted by Crippen LogP contribution is -2.36. The van der Waals surface area contributed by atoms with Crippen molar-refractivity contribution < 1.29 is 27.2 Å². The van der Waals surface area contributed by atoms with E-state index < -0.39 is 30.5 Å². The van der Waals surface area contributed by atoms with Gasteiger partial charge in [-0.25, -0.2) is 4.98 Å². The minimum atomic E-state index is -4.48. The summed E-state index contributed by atoms with van der Waals surface area (Å²) < 4.78 is 42.9. The number of nitrogens with zero attached hydrogens (tertiary/aromatic N) is 2. The number of likely N-dealkylation sites (tertiary alicyclic amines) is 1. The summed E-state index contributed by atoms with van der Waals surface area (Å²) in [6.45, 7) is 2.31. The topological polar surface area (TPSA) is 75.4 Å². The Bertz CT molecular complexity index is 845. The van der Waals surface area contributed by atoms with E-state index in [2.05, 4.69) is 10.3 Å². The quantitative estimate of drug-likeness (QED) is 0.897. The van der Waals surface area contributed by atoms with E-state index in [4.69, 9.17) is 4.42 Å². The summed E-state index contributed by atoms with van der Waals surface area (Å²) in [4.78, 5) is 29.0. The zero-order chi connectivity index (χ0) is 19.1. The number of halogens is 3. The Kier molecular flexibility index (Phi) is 4.64. The second-order valence-electron chi connectivity index (χ2n) is 6.67. The van der Waals surface area contributed by atoms with E-state index in [1.165, 1.54) is 0 Å². The zero-order valence-electron chi connectivity index (χ0n) is 14.3. The summed E-state index contributed by atoms with van der Waals surface area (Å²) in [5, 5.41) is 2.64. The molecular weight excluding hydrogens is 351 g/mol. The molecule has 2 aromatic rings. The summed E-state index contributed by atoms with van der Waals surface area (Å²) >= 11 is 0. The van der Waals surface area contributed by atoms with Crippen LogP contribution >= 0.6 is 0 Å². The monoisotopic (exact) mass is 369 g/mol. The van der Waals surface area contributed by atoms with Crippen LogP contribution in [0.1, 0.15) is 32.1 Å². The molecular formula is C17H18F3N3O3. The van der Waals surface area contributed by atoms with Gasteiger partial charge in [0.25, 0.3) is 0 Å². The van der Waals surface area contributed by atoms with Gasteiger partial charge in [-0.05, 0) is 18.2 Å². The molecule has 6 nitrogen and oxygen atoms in total. The number of carbonyl (C=O) groups excluding carboxylic acids is 2. The van der Waals surface area contributed by atoms with Crippen LogP contribution in [0.25, 0.3) is 11.1 Å². The van der Waals surface area contributed by atoms with E-state index in [1.54, 1.807) is 18.2 Å². The van der Waals surface area contributed by atoms with Gasteiger partial charge in [0.05, 0.1) is 5.92 Å². The van der Waals surface area contributed by atoms with Crippen molar-refractivity contribution in [2.24, 2.45) is 5.92 Å². The first kappa shape index (κ1) is 18.2. The van der Waals surface area contributed by atoms with Crippen molar-refractivity contribution in [3.8, 4) is 0 Å². The van der Waals surface area contributed by atoms with E-state index in [1.807, 2.05) is 13.8 Å². The van der Waals surface area contributed by atoms with Crippen molar-refractivity contribution >= 4 is 28.6 Å².